The lowest BCUT2D eigenvalue weighted by Crippen LogP contribution is -2.43. The zero-order chi connectivity index (χ0) is 26.2. The molecule has 5 aromatic rings. The van der Waals surface area contributed by atoms with E-state index in [1.165, 1.54) is 4.80 Å². The Morgan fingerprint density at radius 1 is 1.05 bits per heavy atom. The Morgan fingerprint density at radius 3 is 2.55 bits per heavy atom. The number of carbonyl (C=O) groups is 1. The van der Waals surface area contributed by atoms with Gasteiger partial charge in [0.05, 0.1) is 27.7 Å². The van der Waals surface area contributed by atoms with Crippen LogP contribution in [0.5, 0.6) is 0 Å². The molecule has 192 valence electrons. The van der Waals surface area contributed by atoms with Crippen LogP contribution < -0.4 is 5.32 Å². The summed E-state index contributed by atoms with van der Waals surface area (Å²) in [4.78, 5) is 21.4. The number of anilines is 1. The lowest BCUT2D eigenvalue weighted by molar-refractivity contribution is 0.0711. The maximum absolute atomic E-state index is 13.3. The number of fused-ring (bicyclic) bond motifs is 1. The molecule has 4 heterocycles. The van der Waals surface area contributed by atoms with Gasteiger partial charge in [0.2, 0.25) is 0 Å². The molecule has 6 rings (SSSR count). The molecule has 0 spiro atoms. The minimum absolute atomic E-state index is 0.0913. The first kappa shape index (κ1) is 24.6. The maximum Gasteiger partial charge on any atom is 0.276 e. The average Bonchev–Trinajstić information content (AvgIpc) is 3.52. The van der Waals surface area contributed by atoms with Crippen LogP contribution in [0.1, 0.15) is 29.0 Å². The molecular formula is C27H24BrClN8O. The number of aromatic nitrogens is 6. The summed E-state index contributed by atoms with van der Waals surface area (Å²) in [5, 5.41) is 17.7. The molecule has 1 aliphatic rings. The molecule has 11 heteroatoms. The number of nitrogens with zero attached hydrogens (tertiary/aromatic N) is 7. The van der Waals surface area contributed by atoms with Crippen LogP contribution >= 0.6 is 27.5 Å². The van der Waals surface area contributed by atoms with Crippen molar-refractivity contribution in [2.45, 2.75) is 25.8 Å². The Labute approximate surface area is 232 Å². The topological polar surface area (TPSA) is 93.2 Å². The van der Waals surface area contributed by atoms with Crippen molar-refractivity contribution in [3.63, 3.8) is 0 Å². The van der Waals surface area contributed by atoms with Gasteiger partial charge < -0.3 is 10.2 Å². The summed E-state index contributed by atoms with van der Waals surface area (Å²) >= 11 is 10.0. The van der Waals surface area contributed by atoms with E-state index >= 15 is 0 Å². The number of rotatable bonds is 5. The third-order valence-electron chi connectivity index (χ3n) is 6.68. The molecule has 2 aromatic carbocycles. The average molecular weight is 592 g/mol. The van der Waals surface area contributed by atoms with Gasteiger partial charge in [-0.1, -0.05) is 48.0 Å². The number of benzene rings is 2. The summed E-state index contributed by atoms with van der Waals surface area (Å²) in [7, 11) is 0. The van der Waals surface area contributed by atoms with Crippen LogP contribution in [0.4, 0.5) is 5.82 Å². The Hall–Kier alpha value is -3.76. The largest absolute Gasteiger partial charge is 0.367 e. The summed E-state index contributed by atoms with van der Waals surface area (Å²) in [6.45, 7) is 3.05. The van der Waals surface area contributed by atoms with E-state index < -0.39 is 0 Å². The quantitative estimate of drug-likeness (QED) is 0.294. The Balaban J connectivity index is 1.18. The van der Waals surface area contributed by atoms with Gasteiger partial charge in [-0.05, 0) is 53.9 Å². The number of hydrogen-bond donors (Lipinski definition) is 1. The minimum Gasteiger partial charge on any atom is -0.367 e. The number of amides is 1. The van der Waals surface area contributed by atoms with Crippen LogP contribution in [0.25, 0.3) is 22.6 Å². The Kier molecular flexibility index (Phi) is 6.59. The van der Waals surface area contributed by atoms with Crippen LogP contribution in [0, 0.1) is 6.92 Å². The van der Waals surface area contributed by atoms with Crippen molar-refractivity contribution in [3.05, 3.63) is 87.7 Å². The van der Waals surface area contributed by atoms with Crippen LogP contribution in [0.3, 0.4) is 0 Å². The lowest BCUT2D eigenvalue weighted by Gasteiger charge is -2.32. The molecule has 1 saturated heterocycles. The molecule has 1 aliphatic heterocycles. The van der Waals surface area contributed by atoms with Crippen LogP contribution in [0.2, 0.25) is 5.02 Å². The zero-order valence-electron chi connectivity index (χ0n) is 20.6. The second-order valence-corrected chi connectivity index (χ2v) is 10.5. The molecule has 38 heavy (non-hydrogen) atoms. The fourth-order valence-corrected chi connectivity index (χ4v) is 5.27. The van der Waals surface area contributed by atoms with Gasteiger partial charge in [-0.3, -0.25) is 4.79 Å². The molecule has 3 aromatic heterocycles. The monoisotopic (exact) mass is 590 g/mol. The van der Waals surface area contributed by atoms with Crippen LogP contribution in [-0.2, 0) is 0 Å². The van der Waals surface area contributed by atoms with E-state index in [9.17, 15) is 4.79 Å². The van der Waals surface area contributed by atoms with Crippen molar-refractivity contribution < 1.29 is 4.79 Å². The standard InChI is InChI=1S/C27H24BrClN8O/c1-17-25(34-37(33-17)19-7-3-2-4-8-19)27(38)35-13-11-18(12-14-35)31-24-15-23(20-9-5-6-10-22(20)29)32-26-21(28)16-30-36(24)26/h2-10,15-16,18,31H,11-14H2,1H3. The Morgan fingerprint density at radius 2 is 1.79 bits per heavy atom. The number of para-hydroxylation sites is 1. The summed E-state index contributed by atoms with van der Waals surface area (Å²) in [5.74, 6) is 0.730. The van der Waals surface area contributed by atoms with Crippen molar-refractivity contribution in [2.75, 3.05) is 18.4 Å². The van der Waals surface area contributed by atoms with E-state index in [-0.39, 0.29) is 11.9 Å². The zero-order valence-corrected chi connectivity index (χ0v) is 22.9. The van der Waals surface area contributed by atoms with Crippen molar-refractivity contribution in [1.82, 2.24) is 34.5 Å². The highest BCUT2D eigenvalue weighted by molar-refractivity contribution is 9.10. The second kappa shape index (κ2) is 10.2. The predicted octanol–water partition coefficient (Wildman–Crippen LogP) is 5.42. The van der Waals surface area contributed by atoms with E-state index in [0.29, 0.717) is 35.1 Å². The van der Waals surface area contributed by atoms with Crippen molar-refractivity contribution >= 4 is 44.9 Å². The van der Waals surface area contributed by atoms with Gasteiger partial charge in [0.1, 0.15) is 5.82 Å². The summed E-state index contributed by atoms with van der Waals surface area (Å²) < 4.78 is 2.58. The van der Waals surface area contributed by atoms with Gasteiger partial charge >= 0.3 is 0 Å². The van der Waals surface area contributed by atoms with E-state index in [1.807, 2.05) is 72.5 Å². The minimum atomic E-state index is -0.0913. The number of halogens is 2. The van der Waals surface area contributed by atoms with Gasteiger partial charge in [-0.2, -0.15) is 19.5 Å². The highest BCUT2D eigenvalue weighted by Gasteiger charge is 2.28. The van der Waals surface area contributed by atoms with Gasteiger partial charge in [0.25, 0.3) is 5.91 Å². The molecule has 0 aliphatic carbocycles. The molecule has 1 N–H and O–H groups in total. The molecule has 0 saturated carbocycles. The van der Waals surface area contributed by atoms with E-state index in [4.69, 9.17) is 16.6 Å². The summed E-state index contributed by atoms with van der Waals surface area (Å²) in [6.07, 6.45) is 3.30. The predicted molar refractivity (Wildman–Crippen MR) is 150 cm³/mol. The molecule has 0 bridgehead atoms. The summed E-state index contributed by atoms with van der Waals surface area (Å²) in [5.41, 5.74) is 4.15. The first-order valence-corrected chi connectivity index (χ1v) is 13.5. The van der Waals surface area contributed by atoms with Crippen LogP contribution in [-0.4, -0.2) is 59.5 Å². The molecule has 1 amide bonds. The number of likely N-dealkylation sites (tertiary alicyclic amines) is 1. The Bertz CT molecular complexity index is 1630. The molecule has 0 atom stereocenters. The third-order valence-corrected chi connectivity index (χ3v) is 7.57. The van der Waals surface area contributed by atoms with Crippen molar-refractivity contribution in [3.8, 4) is 16.9 Å². The highest BCUT2D eigenvalue weighted by atomic mass is 79.9. The number of piperidine rings is 1. The van der Waals surface area contributed by atoms with Crippen molar-refractivity contribution in [1.29, 1.82) is 0 Å². The lowest BCUT2D eigenvalue weighted by atomic mass is 10.0. The SMILES string of the molecule is Cc1nn(-c2ccccc2)nc1C(=O)N1CCC(Nc2cc(-c3ccccc3Cl)nc3c(Br)cnn23)CC1. The smallest absolute Gasteiger partial charge is 0.276 e. The molecule has 0 radical (unpaired) electrons. The van der Waals surface area contributed by atoms with Crippen molar-refractivity contribution in [2.24, 2.45) is 0 Å². The maximum atomic E-state index is 13.3. The van der Waals surface area contributed by atoms with E-state index in [2.05, 4.69) is 36.5 Å². The molecule has 0 unspecified atom stereocenters. The fourth-order valence-electron chi connectivity index (χ4n) is 4.68. The molecule has 9 nitrogen and oxygen atoms in total. The number of hydrogen-bond acceptors (Lipinski definition) is 6. The molecular weight excluding hydrogens is 568 g/mol. The number of carbonyl (C=O) groups excluding carboxylic acids is 1. The summed E-state index contributed by atoms with van der Waals surface area (Å²) in [6, 6.07) is 19.4. The first-order chi connectivity index (χ1) is 18.5. The third kappa shape index (κ3) is 4.65. The fraction of sp³-hybridized carbons (Fsp3) is 0.222. The van der Waals surface area contributed by atoms with Gasteiger partial charge in [0.15, 0.2) is 11.3 Å². The first-order valence-electron chi connectivity index (χ1n) is 12.3. The molecule has 1 fully saturated rings. The second-order valence-electron chi connectivity index (χ2n) is 9.20. The highest BCUT2D eigenvalue weighted by Crippen LogP contribution is 2.31. The van der Waals surface area contributed by atoms with Gasteiger partial charge in [0, 0.05) is 35.8 Å². The van der Waals surface area contributed by atoms with Gasteiger partial charge in [-0.25, -0.2) is 4.98 Å². The normalized spacial score (nSPS) is 14.2. The van der Waals surface area contributed by atoms with Gasteiger partial charge in [-0.15, -0.1) is 5.10 Å². The van der Waals surface area contributed by atoms with Crippen LogP contribution in [0.15, 0.2) is 71.3 Å². The van der Waals surface area contributed by atoms with E-state index in [0.717, 1.165) is 40.1 Å². The van der Waals surface area contributed by atoms with E-state index in [1.54, 1.807) is 10.7 Å². The number of aryl methyl sites for hydroxylation is 1. The number of nitrogens with one attached hydrogen (secondary N) is 1.